The number of halogens is 3. The highest BCUT2D eigenvalue weighted by Crippen LogP contribution is 2.44. The summed E-state index contributed by atoms with van der Waals surface area (Å²) in [5.74, 6) is 0.719. The van der Waals surface area contributed by atoms with Crippen LogP contribution in [0.3, 0.4) is 0 Å². The van der Waals surface area contributed by atoms with Crippen molar-refractivity contribution in [3.63, 3.8) is 0 Å². The molecule has 0 radical (unpaired) electrons. The van der Waals surface area contributed by atoms with Crippen molar-refractivity contribution in [2.75, 3.05) is 19.8 Å². The van der Waals surface area contributed by atoms with Gasteiger partial charge in [0.05, 0.1) is 6.61 Å². The minimum atomic E-state index is -1.34. The number of nitrogens with one attached hydrogen (secondary N) is 2. The predicted octanol–water partition coefficient (Wildman–Crippen LogP) is 6.99. The van der Waals surface area contributed by atoms with Crippen LogP contribution in [0.4, 0.5) is 0 Å². The highest BCUT2D eigenvalue weighted by molar-refractivity contribution is 9.10. The molecule has 0 saturated carbocycles. The smallest absolute Gasteiger partial charge is 0.266 e. The number of carbonyl (C=O) groups is 1. The van der Waals surface area contributed by atoms with Gasteiger partial charge in [0.1, 0.15) is 5.75 Å². The zero-order chi connectivity index (χ0) is 30.9. The number of aliphatic hydroxyl groups excluding tert-OH is 1. The average Bonchev–Trinajstić information content (AvgIpc) is 3.41. The van der Waals surface area contributed by atoms with Gasteiger partial charge in [0.15, 0.2) is 11.6 Å². The molecular formula is C34H32Br2ClN3O4. The quantitative estimate of drug-likeness (QED) is 0.102. The summed E-state index contributed by atoms with van der Waals surface area (Å²) < 4.78 is 14.1. The zero-order valence-electron chi connectivity index (χ0n) is 23.8. The van der Waals surface area contributed by atoms with Crippen LogP contribution in [0.25, 0.3) is 0 Å². The summed E-state index contributed by atoms with van der Waals surface area (Å²) in [5.41, 5.74) is 8.21. The first-order chi connectivity index (χ1) is 21.4. The van der Waals surface area contributed by atoms with Crippen LogP contribution in [0.5, 0.6) is 5.75 Å². The molecule has 1 amide bonds. The zero-order valence-corrected chi connectivity index (χ0v) is 27.7. The lowest BCUT2D eigenvalue weighted by Gasteiger charge is -2.31. The lowest BCUT2D eigenvalue weighted by Crippen LogP contribution is -2.54. The molecule has 1 aliphatic heterocycles. The summed E-state index contributed by atoms with van der Waals surface area (Å²) in [5, 5.41) is 9.73. The summed E-state index contributed by atoms with van der Waals surface area (Å²) in [6.45, 7) is 0.977. The molecule has 0 aliphatic carbocycles. The highest BCUT2D eigenvalue weighted by Gasteiger charge is 2.53. The molecule has 0 aromatic heterocycles. The van der Waals surface area contributed by atoms with Gasteiger partial charge in [0, 0.05) is 51.1 Å². The number of hydrogen-bond acceptors (Lipinski definition) is 6. The van der Waals surface area contributed by atoms with E-state index in [1.165, 1.54) is 0 Å². The molecule has 3 N–H and O–H groups in total. The van der Waals surface area contributed by atoms with Gasteiger partial charge >= 0.3 is 0 Å². The van der Waals surface area contributed by atoms with Gasteiger partial charge in [-0.25, -0.2) is 10.4 Å². The third-order valence-electron chi connectivity index (χ3n) is 7.23. The van der Waals surface area contributed by atoms with Crippen molar-refractivity contribution in [3.05, 3.63) is 133 Å². The standard InChI is InChI=1S/C34H32Br2ClN3O4/c35-26-13-9-24(10-14-26)22-34(33(42)40-38-18-17-23-5-3-6-27(37)21-23)31(29-7-1-2-8-30(29)36)44-32(39-34)25-11-15-28(16-12-25)43-20-4-19-41/h1-3,5-16,21,31,38,41H,4,17-20,22H2,(H,40,42)/t31-,34-/m0/s1. The Morgan fingerprint density at radius 1 is 0.977 bits per heavy atom. The fourth-order valence-corrected chi connectivity index (χ4v) is 5.98. The molecule has 1 aliphatic rings. The summed E-state index contributed by atoms with van der Waals surface area (Å²) in [6.07, 6.45) is 0.782. The summed E-state index contributed by atoms with van der Waals surface area (Å²) in [6, 6.07) is 30.6. The number of ether oxygens (including phenoxy) is 2. The van der Waals surface area contributed by atoms with E-state index in [4.69, 9.17) is 31.2 Å². The van der Waals surface area contributed by atoms with Crippen molar-refractivity contribution >= 4 is 55.3 Å². The van der Waals surface area contributed by atoms with Gasteiger partial charge < -0.3 is 14.6 Å². The van der Waals surface area contributed by atoms with Crippen molar-refractivity contribution in [1.82, 2.24) is 10.9 Å². The number of hydrazine groups is 1. The number of hydrogen-bond donors (Lipinski definition) is 3. The van der Waals surface area contributed by atoms with Gasteiger partial charge in [-0.05, 0) is 72.1 Å². The third kappa shape index (κ3) is 7.89. The van der Waals surface area contributed by atoms with Crippen molar-refractivity contribution in [1.29, 1.82) is 0 Å². The minimum absolute atomic E-state index is 0.0666. The first-order valence-electron chi connectivity index (χ1n) is 14.3. The van der Waals surface area contributed by atoms with E-state index in [0.717, 1.165) is 31.2 Å². The SMILES string of the molecule is O=C(NNCCc1cccc(Cl)c1)[C@@]1(Cc2ccc(Br)cc2)N=C(c2ccc(OCCCO)cc2)O[C@H]1c1ccccc1Br. The van der Waals surface area contributed by atoms with Gasteiger partial charge in [0.2, 0.25) is 5.90 Å². The molecule has 228 valence electrons. The Balaban J connectivity index is 1.48. The van der Waals surface area contributed by atoms with Gasteiger partial charge in [-0.1, -0.05) is 85.9 Å². The average molecular weight is 742 g/mol. The first kappa shape index (κ1) is 32.2. The number of carbonyl (C=O) groups excluding carboxylic acids is 1. The first-order valence-corrected chi connectivity index (χ1v) is 16.2. The van der Waals surface area contributed by atoms with Crippen LogP contribution in [-0.4, -0.2) is 42.2 Å². The second-order valence-corrected chi connectivity index (χ2v) is 12.6. The normalized spacial score (nSPS) is 17.5. The van der Waals surface area contributed by atoms with Crippen LogP contribution in [0.2, 0.25) is 5.02 Å². The Labute approximate surface area is 278 Å². The number of aliphatic imine (C=N–C) groups is 1. The van der Waals surface area contributed by atoms with Gasteiger partial charge in [-0.15, -0.1) is 0 Å². The van der Waals surface area contributed by atoms with Crippen molar-refractivity contribution < 1.29 is 19.4 Å². The largest absolute Gasteiger partial charge is 0.494 e. The van der Waals surface area contributed by atoms with Gasteiger partial charge in [0.25, 0.3) is 5.91 Å². The molecule has 44 heavy (non-hydrogen) atoms. The Bertz CT molecular complexity index is 1600. The fraction of sp³-hybridized carbons (Fsp3) is 0.235. The Morgan fingerprint density at radius 3 is 2.48 bits per heavy atom. The Morgan fingerprint density at radius 2 is 1.75 bits per heavy atom. The Kier molecular flexibility index (Phi) is 11.1. The summed E-state index contributed by atoms with van der Waals surface area (Å²) >= 11 is 13.3. The van der Waals surface area contributed by atoms with E-state index in [0.29, 0.717) is 49.1 Å². The van der Waals surface area contributed by atoms with Crippen molar-refractivity contribution in [3.8, 4) is 5.75 Å². The number of amides is 1. The maximum Gasteiger partial charge on any atom is 0.266 e. The predicted molar refractivity (Wildman–Crippen MR) is 180 cm³/mol. The van der Waals surface area contributed by atoms with Crippen LogP contribution in [0, 0.1) is 0 Å². The van der Waals surface area contributed by atoms with E-state index in [-0.39, 0.29) is 12.5 Å². The second-order valence-electron chi connectivity index (χ2n) is 10.4. The molecular weight excluding hydrogens is 710 g/mol. The van der Waals surface area contributed by atoms with E-state index in [9.17, 15) is 4.79 Å². The topological polar surface area (TPSA) is 92.2 Å². The number of nitrogens with zero attached hydrogens (tertiary/aromatic N) is 1. The summed E-state index contributed by atoms with van der Waals surface area (Å²) in [7, 11) is 0. The molecule has 4 aromatic rings. The Hall–Kier alpha value is -3.21. The van der Waals surface area contributed by atoms with Crippen molar-refractivity contribution in [2.24, 2.45) is 4.99 Å². The molecule has 0 unspecified atom stereocenters. The van der Waals surface area contributed by atoms with E-state index < -0.39 is 11.6 Å². The van der Waals surface area contributed by atoms with Gasteiger partial charge in [-0.3, -0.25) is 10.2 Å². The molecule has 0 fully saturated rings. The minimum Gasteiger partial charge on any atom is -0.494 e. The van der Waals surface area contributed by atoms with Gasteiger partial charge in [-0.2, -0.15) is 0 Å². The number of aliphatic hydroxyl groups is 1. The summed E-state index contributed by atoms with van der Waals surface area (Å²) in [4.78, 5) is 19.4. The second kappa shape index (κ2) is 15.2. The van der Waals surface area contributed by atoms with Crippen LogP contribution in [-0.2, 0) is 22.4 Å². The van der Waals surface area contributed by atoms with Crippen LogP contribution in [0.15, 0.2) is 111 Å². The lowest BCUT2D eigenvalue weighted by molar-refractivity contribution is -0.130. The molecule has 0 bridgehead atoms. The maximum atomic E-state index is 14.3. The molecule has 4 aromatic carbocycles. The van der Waals surface area contributed by atoms with Crippen LogP contribution >= 0.6 is 43.5 Å². The van der Waals surface area contributed by atoms with Crippen molar-refractivity contribution in [2.45, 2.75) is 30.9 Å². The van der Waals surface area contributed by atoms with E-state index in [1.54, 1.807) is 0 Å². The molecule has 0 spiro atoms. The lowest BCUT2D eigenvalue weighted by atomic mass is 9.82. The fourth-order valence-electron chi connectivity index (χ4n) is 5.01. The number of rotatable bonds is 13. The molecule has 1 heterocycles. The van der Waals surface area contributed by atoms with E-state index in [1.807, 2.05) is 97.1 Å². The molecule has 7 nitrogen and oxygen atoms in total. The molecule has 10 heteroatoms. The molecule has 0 saturated heterocycles. The molecule has 2 atom stereocenters. The van der Waals surface area contributed by atoms with E-state index >= 15 is 0 Å². The van der Waals surface area contributed by atoms with Crippen LogP contribution in [0.1, 0.15) is 34.8 Å². The third-order valence-corrected chi connectivity index (χ3v) is 8.72. The monoisotopic (exact) mass is 739 g/mol. The molecule has 5 rings (SSSR count). The maximum absolute atomic E-state index is 14.3. The van der Waals surface area contributed by atoms with E-state index in [2.05, 4.69) is 42.7 Å². The highest BCUT2D eigenvalue weighted by atomic mass is 79.9. The number of benzene rings is 4. The van der Waals surface area contributed by atoms with Crippen LogP contribution < -0.4 is 15.6 Å².